The molecular weight excluding hydrogens is 1000 g/mol. The molecule has 0 N–H and O–H groups in total. The van der Waals surface area contributed by atoms with Crippen molar-refractivity contribution < 1.29 is 8.83 Å². The number of rotatable bonds is 8. The Morgan fingerprint density at radius 3 is 1.11 bits per heavy atom. The van der Waals surface area contributed by atoms with Crippen LogP contribution < -0.4 is 9.80 Å². The van der Waals surface area contributed by atoms with E-state index in [1.54, 1.807) is 0 Å². The number of hydrogen-bond acceptors (Lipinski definition) is 4. The summed E-state index contributed by atoms with van der Waals surface area (Å²) in [7, 11) is 0. The molecule has 0 spiro atoms. The lowest BCUT2D eigenvalue weighted by molar-refractivity contribution is 0.656. The minimum atomic E-state index is 0.795. The van der Waals surface area contributed by atoms with E-state index in [0.717, 1.165) is 122 Å². The summed E-state index contributed by atoms with van der Waals surface area (Å²) in [4.78, 5) is 4.86. The van der Waals surface area contributed by atoms with Crippen LogP contribution in [-0.2, 0) is 0 Å². The number of para-hydroxylation sites is 6. The molecule has 6 nitrogen and oxygen atoms in total. The van der Waals surface area contributed by atoms with Crippen molar-refractivity contribution in [1.82, 2.24) is 9.13 Å². The normalized spacial score (nSPS) is 12.0. The van der Waals surface area contributed by atoms with Crippen LogP contribution in [0.15, 0.2) is 276 Å². The van der Waals surface area contributed by atoms with Crippen molar-refractivity contribution in [1.29, 1.82) is 0 Å². The van der Waals surface area contributed by atoms with Crippen LogP contribution in [0.1, 0.15) is 11.1 Å². The molecule has 4 aromatic heterocycles. The summed E-state index contributed by atoms with van der Waals surface area (Å²) in [6, 6.07) is 96.6. The molecule has 13 aromatic carbocycles. The van der Waals surface area contributed by atoms with Crippen LogP contribution in [0.2, 0.25) is 0 Å². The number of aromatic nitrogens is 2. The van der Waals surface area contributed by atoms with Gasteiger partial charge in [-0.05, 0) is 174 Å². The second-order valence-electron chi connectivity index (χ2n) is 21.8. The monoisotopic (exact) mass is 1050 g/mol. The Balaban J connectivity index is 0.781. The molecule has 0 saturated heterocycles. The smallest absolute Gasteiger partial charge is 0.139 e. The first kappa shape index (κ1) is 46.1. The predicted molar refractivity (Wildman–Crippen MR) is 344 cm³/mol. The van der Waals surface area contributed by atoms with Gasteiger partial charge < -0.3 is 27.8 Å². The van der Waals surface area contributed by atoms with Gasteiger partial charge in [0.05, 0.1) is 33.4 Å². The summed E-state index contributed by atoms with van der Waals surface area (Å²) >= 11 is 0. The van der Waals surface area contributed by atoms with Crippen LogP contribution in [0.4, 0.5) is 34.1 Å². The van der Waals surface area contributed by atoms with Gasteiger partial charge in [0.25, 0.3) is 0 Å². The van der Waals surface area contributed by atoms with Crippen molar-refractivity contribution in [2.75, 3.05) is 9.80 Å². The van der Waals surface area contributed by atoms with Crippen LogP contribution in [0, 0.1) is 13.8 Å². The quantitative estimate of drug-likeness (QED) is 0.152. The Morgan fingerprint density at radius 2 is 0.646 bits per heavy atom. The SMILES string of the molecule is Cc1ccccc1N(c1ccc2cc3c(cc2c1)oc1cc2oc4cc5cc(N(c6ccccc6C)c6cccc7c6c6ccccc6n7-c6ccccc6)ccc5cc4c2cc13)c1cccc2c1c1ccccc1n2-c1ccccc1. The number of furan rings is 2. The van der Waals surface area contributed by atoms with E-state index in [9.17, 15) is 0 Å². The molecular formula is C76H50N4O2. The fourth-order valence-corrected chi connectivity index (χ4v) is 13.3. The number of benzene rings is 13. The van der Waals surface area contributed by atoms with Crippen molar-refractivity contribution in [3.05, 3.63) is 278 Å². The molecule has 0 aliphatic rings. The van der Waals surface area contributed by atoms with Gasteiger partial charge in [-0.2, -0.15) is 0 Å². The third-order valence-electron chi connectivity index (χ3n) is 17.0. The van der Waals surface area contributed by atoms with Gasteiger partial charge in [0.15, 0.2) is 0 Å². The molecule has 0 fully saturated rings. The molecule has 4 heterocycles. The molecule has 386 valence electrons. The summed E-state index contributed by atoms with van der Waals surface area (Å²) in [5, 5.41) is 13.5. The minimum absolute atomic E-state index is 0.795. The lowest BCUT2D eigenvalue weighted by Gasteiger charge is -2.28. The number of aryl methyl sites for hydroxylation is 2. The van der Waals surface area contributed by atoms with Gasteiger partial charge in [-0.15, -0.1) is 0 Å². The zero-order chi connectivity index (χ0) is 54.2. The average Bonchev–Trinajstić information content (AvgIpc) is 3.93. The molecule has 0 saturated carbocycles. The van der Waals surface area contributed by atoms with Gasteiger partial charge in [-0.25, -0.2) is 0 Å². The fourth-order valence-electron chi connectivity index (χ4n) is 13.3. The summed E-state index contributed by atoms with van der Waals surface area (Å²) < 4.78 is 18.4. The van der Waals surface area contributed by atoms with E-state index in [0.29, 0.717) is 0 Å². The first-order valence-electron chi connectivity index (χ1n) is 28.1. The van der Waals surface area contributed by atoms with Gasteiger partial charge in [0, 0.05) is 83.3 Å². The highest BCUT2D eigenvalue weighted by molar-refractivity contribution is 6.21. The van der Waals surface area contributed by atoms with Gasteiger partial charge >= 0.3 is 0 Å². The van der Waals surface area contributed by atoms with Gasteiger partial charge in [-0.3, -0.25) is 0 Å². The number of nitrogens with zero attached hydrogens (tertiary/aromatic N) is 4. The maximum Gasteiger partial charge on any atom is 0.139 e. The van der Waals surface area contributed by atoms with Crippen LogP contribution >= 0.6 is 0 Å². The van der Waals surface area contributed by atoms with E-state index < -0.39 is 0 Å². The maximum absolute atomic E-state index is 6.82. The zero-order valence-electron chi connectivity index (χ0n) is 45.0. The van der Waals surface area contributed by atoms with Crippen LogP contribution in [-0.4, -0.2) is 9.13 Å². The Bertz CT molecular complexity index is 5120. The van der Waals surface area contributed by atoms with E-state index >= 15 is 0 Å². The minimum Gasteiger partial charge on any atom is -0.456 e. The fraction of sp³-hybridized carbons (Fsp3) is 0.0263. The van der Waals surface area contributed by atoms with Crippen LogP contribution in [0.3, 0.4) is 0 Å². The first-order valence-corrected chi connectivity index (χ1v) is 28.1. The Morgan fingerprint density at radius 1 is 0.268 bits per heavy atom. The predicted octanol–water partition coefficient (Wildman–Crippen LogP) is 21.5. The van der Waals surface area contributed by atoms with Crippen molar-refractivity contribution in [3.8, 4) is 11.4 Å². The van der Waals surface area contributed by atoms with Crippen molar-refractivity contribution in [2.24, 2.45) is 0 Å². The highest BCUT2D eigenvalue weighted by Gasteiger charge is 2.25. The Labute approximate surface area is 471 Å². The van der Waals surface area contributed by atoms with Crippen molar-refractivity contribution in [3.63, 3.8) is 0 Å². The lowest BCUT2D eigenvalue weighted by atomic mass is 10.0. The molecule has 0 aliphatic heterocycles. The van der Waals surface area contributed by atoms with Crippen molar-refractivity contribution in [2.45, 2.75) is 13.8 Å². The first-order chi connectivity index (χ1) is 40.5. The molecule has 82 heavy (non-hydrogen) atoms. The number of anilines is 6. The molecule has 0 bridgehead atoms. The molecule has 0 radical (unpaired) electrons. The van der Waals surface area contributed by atoms with Crippen LogP contribution in [0.25, 0.3) is 120 Å². The standard InChI is InChI=1S/C76H50N4O2/c1-47-19-9-13-27-63(47)79(69-33-17-31-67-75(69)57-25-11-15-29-65(57)77(67)53-21-5-3-6-22-53)55-37-35-49-41-59-61-45-62-60-42-50-36-38-56(40-52(50)44-72(60)82-74(62)46-73(61)81-71(59)43-51(49)39-55)80(64-28-14-10-20-48(64)2)70-34-18-32-68-76(70)58-26-12-16-30-66(58)78(68)54-23-7-4-8-24-54/h3-46H,1-2H3. The topological polar surface area (TPSA) is 42.6 Å². The molecule has 0 unspecified atom stereocenters. The Hall–Kier alpha value is -10.8. The summed E-state index contributed by atoms with van der Waals surface area (Å²) in [6.07, 6.45) is 0. The average molecular weight is 1050 g/mol. The highest BCUT2D eigenvalue weighted by atomic mass is 16.3. The third kappa shape index (κ3) is 6.95. The molecule has 17 rings (SSSR count). The van der Waals surface area contributed by atoms with Gasteiger partial charge in [0.1, 0.15) is 22.3 Å². The molecule has 6 heteroatoms. The van der Waals surface area contributed by atoms with Gasteiger partial charge in [0.2, 0.25) is 0 Å². The number of fused-ring (bicyclic) bond motifs is 14. The van der Waals surface area contributed by atoms with E-state index in [1.165, 1.54) is 43.7 Å². The maximum atomic E-state index is 6.82. The molecule has 0 aliphatic carbocycles. The van der Waals surface area contributed by atoms with E-state index in [4.69, 9.17) is 8.83 Å². The molecule has 17 aromatic rings. The lowest BCUT2D eigenvalue weighted by Crippen LogP contribution is -2.11. The van der Waals surface area contributed by atoms with E-state index in [1.807, 2.05) is 0 Å². The van der Waals surface area contributed by atoms with Gasteiger partial charge in [-0.1, -0.05) is 133 Å². The van der Waals surface area contributed by atoms with Crippen molar-refractivity contribution >= 4 is 143 Å². The Kier molecular flexibility index (Phi) is 10.0. The second-order valence-corrected chi connectivity index (χ2v) is 21.8. The third-order valence-corrected chi connectivity index (χ3v) is 17.0. The highest BCUT2D eigenvalue weighted by Crippen LogP contribution is 2.49. The summed E-state index contributed by atoms with van der Waals surface area (Å²) in [5.41, 5.74) is 19.2. The number of hydrogen-bond donors (Lipinski definition) is 0. The van der Waals surface area contributed by atoms with Crippen LogP contribution in [0.5, 0.6) is 0 Å². The molecule has 0 amide bonds. The summed E-state index contributed by atoms with van der Waals surface area (Å²) in [6.45, 7) is 4.39. The van der Waals surface area contributed by atoms with E-state index in [2.05, 4.69) is 300 Å². The summed E-state index contributed by atoms with van der Waals surface area (Å²) in [5.74, 6) is 0. The largest absolute Gasteiger partial charge is 0.456 e. The van der Waals surface area contributed by atoms with E-state index in [-0.39, 0.29) is 0 Å². The second kappa shape index (κ2) is 17.8. The molecule has 0 atom stereocenters. The zero-order valence-corrected chi connectivity index (χ0v) is 45.0.